The van der Waals surface area contributed by atoms with E-state index >= 15 is 0 Å². The van der Waals surface area contributed by atoms with E-state index in [9.17, 15) is 4.79 Å². The Kier molecular flexibility index (Phi) is 3.45. The second-order valence-corrected chi connectivity index (χ2v) is 6.30. The normalized spacial score (nSPS) is 15.6. The number of aromatic nitrogens is 2. The lowest BCUT2D eigenvalue weighted by Crippen LogP contribution is -2.27. The van der Waals surface area contributed by atoms with Crippen molar-refractivity contribution in [3.8, 4) is 0 Å². The Bertz CT molecular complexity index is 1030. The number of hydrogen-bond donors (Lipinski definition) is 1. The minimum Gasteiger partial charge on any atom is -0.399 e. The molecule has 2 heterocycles. The molecule has 4 rings (SSSR count). The third kappa shape index (κ3) is 2.40. The number of nitrogens with two attached hydrogens (primary N) is 1. The van der Waals surface area contributed by atoms with Gasteiger partial charge in [0, 0.05) is 12.2 Å². The summed E-state index contributed by atoms with van der Waals surface area (Å²) in [6, 6.07) is 13.6. The average molecular weight is 317 g/mol. The molecule has 0 spiro atoms. The van der Waals surface area contributed by atoms with Gasteiger partial charge >= 0.3 is 0 Å². The molecule has 1 aliphatic rings. The molecule has 2 aromatic carbocycles. The highest BCUT2D eigenvalue weighted by Gasteiger charge is 2.19. The maximum atomic E-state index is 12.8. The predicted molar refractivity (Wildman–Crippen MR) is 98.7 cm³/mol. The zero-order valence-electron chi connectivity index (χ0n) is 13.6. The fourth-order valence-corrected chi connectivity index (χ4v) is 3.30. The molecule has 2 N–H and O–H groups in total. The molecule has 4 heteroatoms. The summed E-state index contributed by atoms with van der Waals surface area (Å²) in [4.78, 5) is 17.6. The highest BCUT2D eigenvalue weighted by molar-refractivity contribution is 5.85. The molecule has 0 radical (unpaired) electrons. The SMILES string of the molecule is Cc1ccccc1C=C1CCCn2c1nc1cc(N)ccc1c2=O. The van der Waals surface area contributed by atoms with Gasteiger partial charge in [-0.2, -0.15) is 0 Å². The molecule has 0 aliphatic carbocycles. The van der Waals surface area contributed by atoms with E-state index in [1.807, 2.05) is 12.1 Å². The lowest BCUT2D eigenvalue weighted by molar-refractivity contribution is 0.587. The van der Waals surface area contributed by atoms with Crippen molar-refractivity contribution in [2.24, 2.45) is 0 Å². The number of aryl methyl sites for hydroxylation is 1. The van der Waals surface area contributed by atoms with Crippen LogP contribution in [0.2, 0.25) is 0 Å². The van der Waals surface area contributed by atoms with Crippen molar-refractivity contribution in [2.45, 2.75) is 26.3 Å². The summed E-state index contributed by atoms with van der Waals surface area (Å²) < 4.78 is 1.80. The summed E-state index contributed by atoms with van der Waals surface area (Å²) in [5.41, 5.74) is 10.7. The average Bonchev–Trinajstić information content (AvgIpc) is 2.57. The standard InChI is InChI=1S/C20H19N3O/c1-13-5-2-3-6-14(13)11-15-7-4-10-23-19(15)22-18-12-16(21)8-9-17(18)20(23)24/h2-3,5-6,8-9,11-12H,4,7,10,21H2,1H3. The third-order valence-corrected chi connectivity index (χ3v) is 4.61. The summed E-state index contributed by atoms with van der Waals surface area (Å²) in [6.07, 6.45) is 4.03. The van der Waals surface area contributed by atoms with Gasteiger partial charge in [-0.3, -0.25) is 9.36 Å². The summed E-state index contributed by atoms with van der Waals surface area (Å²) >= 11 is 0. The Balaban J connectivity index is 1.96. The van der Waals surface area contributed by atoms with E-state index in [0.717, 1.165) is 24.2 Å². The zero-order chi connectivity index (χ0) is 16.7. The van der Waals surface area contributed by atoms with Crippen LogP contribution < -0.4 is 11.3 Å². The molecule has 0 saturated carbocycles. The molecule has 1 aromatic heterocycles. The van der Waals surface area contributed by atoms with Crippen molar-refractivity contribution in [1.29, 1.82) is 0 Å². The third-order valence-electron chi connectivity index (χ3n) is 4.61. The van der Waals surface area contributed by atoms with Gasteiger partial charge in [0.2, 0.25) is 0 Å². The van der Waals surface area contributed by atoms with E-state index < -0.39 is 0 Å². The maximum Gasteiger partial charge on any atom is 0.261 e. The van der Waals surface area contributed by atoms with E-state index in [0.29, 0.717) is 23.1 Å². The van der Waals surface area contributed by atoms with Crippen LogP contribution in [0.5, 0.6) is 0 Å². The number of hydrogen-bond acceptors (Lipinski definition) is 3. The molecule has 0 atom stereocenters. The van der Waals surface area contributed by atoms with Gasteiger partial charge in [0.25, 0.3) is 5.56 Å². The summed E-state index contributed by atoms with van der Waals surface area (Å²) in [5, 5.41) is 0.630. The monoisotopic (exact) mass is 317 g/mol. The number of fused-ring (bicyclic) bond motifs is 2. The van der Waals surface area contributed by atoms with Crippen LogP contribution in [0.4, 0.5) is 5.69 Å². The minimum absolute atomic E-state index is 0.0189. The van der Waals surface area contributed by atoms with Crippen LogP contribution >= 0.6 is 0 Å². The molecule has 0 unspecified atom stereocenters. The van der Waals surface area contributed by atoms with Crippen LogP contribution in [-0.2, 0) is 6.54 Å². The minimum atomic E-state index is 0.0189. The molecule has 3 aromatic rings. The topological polar surface area (TPSA) is 60.9 Å². The molecule has 120 valence electrons. The Morgan fingerprint density at radius 3 is 2.88 bits per heavy atom. The van der Waals surface area contributed by atoms with E-state index in [4.69, 9.17) is 10.7 Å². The Morgan fingerprint density at radius 2 is 2.04 bits per heavy atom. The lowest BCUT2D eigenvalue weighted by Gasteiger charge is -2.21. The van der Waals surface area contributed by atoms with Crippen molar-refractivity contribution in [1.82, 2.24) is 9.55 Å². The first-order valence-electron chi connectivity index (χ1n) is 8.20. The summed E-state index contributed by atoms with van der Waals surface area (Å²) in [6.45, 7) is 2.81. The van der Waals surface area contributed by atoms with Crippen molar-refractivity contribution >= 4 is 28.2 Å². The van der Waals surface area contributed by atoms with E-state index in [2.05, 4.69) is 25.1 Å². The summed E-state index contributed by atoms with van der Waals surface area (Å²) in [7, 11) is 0. The van der Waals surface area contributed by atoms with Crippen molar-refractivity contribution in [3.63, 3.8) is 0 Å². The van der Waals surface area contributed by atoms with E-state index in [1.165, 1.54) is 11.1 Å². The number of rotatable bonds is 1. The van der Waals surface area contributed by atoms with E-state index in [-0.39, 0.29) is 5.56 Å². The van der Waals surface area contributed by atoms with Crippen LogP contribution in [0, 0.1) is 6.92 Å². The van der Waals surface area contributed by atoms with Gasteiger partial charge < -0.3 is 5.73 Å². The molecule has 0 fully saturated rings. The van der Waals surface area contributed by atoms with E-state index in [1.54, 1.807) is 22.8 Å². The van der Waals surface area contributed by atoms with Crippen LogP contribution in [0.1, 0.15) is 29.8 Å². The largest absolute Gasteiger partial charge is 0.399 e. The van der Waals surface area contributed by atoms with Gasteiger partial charge in [-0.1, -0.05) is 24.3 Å². The number of anilines is 1. The number of allylic oxidation sites excluding steroid dienone is 1. The van der Waals surface area contributed by atoms with Crippen molar-refractivity contribution in [2.75, 3.05) is 5.73 Å². The highest BCUT2D eigenvalue weighted by atomic mass is 16.1. The second-order valence-electron chi connectivity index (χ2n) is 6.30. The Labute approximate surface area is 140 Å². The van der Waals surface area contributed by atoms with Crippen LogP contribution in [0.25, 0.3) is 22.6 Å². The fourth-order valence-electron chi connectivity index (χ4n) is 3.30. The molecule has 24 heavy (non-hydrogen) atoms. The number of nitrogen functional groups attached to an aromatic ring is 1. The molecule has 4 nitrogen and oxygen atoms in total. The first-order chi connectivity index (χ1) is 11.6. The van der Waals surface area contributed by atoms with Gasteiger partial charge in [-0.25, -0.2) is 4.98 Å². The van der Waals surface area contributed by atoms with Crippen molar-refractivity contribution < 1.29 is 0 Å². The van der Waals surface area contributed by atoms with Crippen LogP contribution in [-0.4, -0.2) is 9.55 Å². The summed E-state index contributed by atoms with van der Waals surface area (Å²) in [5.74, 6) is 0.771. The highest BCUT2D eigenvalue weighted by Crippen LogP contribution is 2.28. The number of nitrogens with zero attached hydrogens (tertiary/aromatic N) is 2. The first-order valence-corrected chi connectivity index (χ1v) is 8.20. The quantitative estimate of drug-likeness (QED) is 0.697. The fraction of sp³-hybridized carbons (Fsp3) is 0.200. The van der Waals surface area contributed by atoms with Gasteiger partial charge in [0.05, 0.1) is 10.9 Å². The number of benzene rings is 2. The van der Waals surface area contributed by atoms with Gasteiger partial charge in [-0.15, -0.1) is 0 Å². The maximum absolute atomic E-state index is 12.8. The smallest absolute Gasteiger partial charge is 0.261 e. The molecule has 0 amide bonds. The first kappa shape index (κ1) is 14.7. The molecular weight excluding hydrogens is 298 g/mol. The van der Waals surface area contributed by atoms with Gasteiger partial charge in [0.1, 0.15) is 5.82 Å². The lowest BCUT2D eigenvalue weighted by atomic mass is 9.99. The zero-order valence-corrected chi connectivity index (χ0v) is 13.6. The van der Waals surface area contributed by atoms with Crippen molar-refractivity contribution in [3.05, 3.63) is 69.8 Å². The van der Waals surface area contributed by atoms with Crippen LogP contribution in [0.15, 0.2) is 47.3 Å². The van der Waals surface area contributed by atoms with Crippen LogP contribution in [0.3, 0.4) is 0 Å². The molecular formula is C20H19N3O. The Hall–Kier alpha value is -2.88. The van der Waals surface area contributed by atoms with Gasteiger partial charge in [-0.05, 0) is 60.7 Å². The Morgan fingerprint density at radius 1 is 1.21 bits per heavy atom. The molecule has 0 saturated heterocycles. The molecule has 0 bridgehead atoms. The molecule has 1 aliphatic heterocycles. The van der Waals surface area contributed by atoms with Gasteiger partial charge in [0.15, 0.2) is 0 Å². The second kappa shape index (κ2) is 5.64. The predicted octanol–water partition coefficient (Wildman–Crippen LogP) is 3.62.